The molecule has 0 atom stereocenters. The zero-order valence-electron chi connectivity index (χ0n) is 9.67. The zero-order valence-corrected chi connectivity index (χ0v) is 9.67. The highest BCUT2D eigenvalue weighted by Crippen LogP contribution is 2.25. The number of nitrogens with zero attached hydrogens (tertiary/aromatic N) is 1. The van der Waals surface area contributed by atoms with Crippen molar-refractivity contribution >= 4 is 17.3 Å². The topological polar surface area (TPSA) is 72.2 Å². The number of carbonyl (C=O) groups excluding carboxylic acids is 1. The molecule has 1 N–H and O–H groups in total. The molecule has 0 unspecified atom stereocenters. The van der Waals surface area contributed by atoms with E-state index >= 15 is 0 Å². The lowest BCUT2D eigenvalue weighted by Gasteiger charge is -2.05. The molecule has 0 heterocycles. The molecule has 0 saturated carbocycles. The van der Waals surface area contributed by atoms with E-state index in [9.17, 15) is 19.3 Å². The quantitative estimate of drug-likeness (QED) is 0.681. The summed E-state index contributed by atoms with van der Waals surface area (Å²) in [4.78, 5) is 21.9. The van der Waals surface area contributed by atoms with Crippen molar-refractivity contribution in [2.45, 2.75) is 0 Å². The molecule has 1 amide bonds. The molecule has 19 heavy (non-hydrogen) atoms. The number of hydrogen-bond acceptors (Lipinski definition) is 3. The summed E-state index contributed by atoms with van der Waals surface area (Å²) in [6, 6.07) is 11.2. The number of nitrogens with one attached hydrogen (secondary N) is 1. The Morgan fingerprint density at radius 2 is 1.84 bits per heavy atom. The second kappa shape index (κ2) is 5.26. The highest BCUT2D eigenvalue weighted by molar-refractivity contribution is 6.05. The summed E-state index contributed by atoms with van der Waals surface area (Å²) in [5, 5.41) is 13.2. The first-order valence-corrected chi connectivity index (χ1v) is 5.38. The highest BCUT2D eigenvalue weighted by atomic mass is 19.1. The monoisotopic (exact) mass is 260 g/mol. The number of amides is 1. The summed E-state index contributed by atoms with van der Waals surface area (Å²) in [6.07, 6.45) is 0. The molecule has 2 aromatic carbocycles. The minimum atomic E-state index is -0.746. The lowest BCUT2D eigenvalue weighted by Crippen LogP contribution is -2.13. The van der Waals surface area contributed by atoms with Gasteiger partial charge in [-0.05, 0) is 24.3 Å². The molecular formula is C13H9FN2O3. The van der Waals surface area contributed by atoms with Gasteiger partial charge in [-0.15, -0.1) is 0 Å². The molecule has 96 valence electrons. The lowest BCUT2D eigenvalue weighted by molar-refractivity contribution is -0.384. The van der Waals surface area contributed by atoms with Crippen LogP contribution in [-0.2, 0) is 0 Å². The fourth-order valence-electron chi connectivity index (χ4n) is 1.55. The molecule has 2 aromatic rings. The van der Waals surface area contributed by atoms with Gasteiger partial charge in [0.25, 0.3) is 11.6 Å². The van der Waals surface area contributed by atoms with Gasteiger partial charge >= 0.3 is 0 Å². The predicted molar refractivity (Wildman–Crippen MR) is 67.4 cm³/mol. The van der Waals surface area contributed by atoms with E-state index in [2.05, 4.69) is 5.32 Å². The van der Waals surface area contributed by atoms with Gasteiger partial charge in [0.15, 0.2) is 0 Å². The standard InChI is InChI=1S/C13H9FN2O3/c14-10-6-7-11(12(8-10)16(18)19)15-13(17)9-4-2-1-3-5-9/h1-8H,(H,15,17). The number of nitro benzene ring substituents is 1. The number of benzene rings is 2. The Morgan fingerprint density at radius 3 is 2.47 bits per heavy atom. The van der Waals surface area contributed by atoms with E-state index in [4.69, 9.17) is 0 Å². The minimum absolute atomic E-state index is 0.0414. The molecule has 0 spiro atoms. The van der Waals surface area contributed by atoms with Gasteiger partial charge in [-0.1, -0.05) is 18.2 Å². The molecule has 6 heteroatoms. The molecule has 0 saturated heterocycles. The van der Waals surface area contributed by atoms with Crippen molar-refractivity contribution in [1.82, 2.24) is 0 Å². The van der Waals surface area contributed by atoms with Crippen LogP contribution in [0, 0.1) is 15.9 Å². The average Bonchev–Trinajstić information content (AvgIpc) is 2.41. The maximum Gasteiger partial charge on any atom is 0.295 e. The molecule has 0 aliphatic rings. The maximum atomic E-state index is 13.0. The Balaban J connectivity index is 2.29. The van der Waals surface area contributed by atoms with Crippen LogP contribution in [0.1, 0.15) is 10.4 Å². The van der Waals surface area contributed by atoms with Crippen LogP contribution in [0.2, 0.25) is 0 Å². The van der Waals surface area contributed by atoms with Crippen molar-refractivity contribution in [2.24, 2.45) is 0 Å². The molecular weight excluding hydrogens is 251 g/mol. The predicted octanol–water partition coefficient (Wildman–Crippen LogP) is 2.99. The zero-order chi connectivity index (χ0) is 13.8. The fourth-order valence-corrected chi connectivity index (χ4v) is 1.55. The molecule has 0 aliphatic heterocycles. The Hall–Kier alpha value is -2.76. The van der Waals surface area contributed by atoms with E-state index in [1.807, 2.05) is 0 Å². The summed E-state index contributed by atoms with van der Waals surface area (Å²) in [6.45, 7) is 0. The summed E-state index contributed by atoms with van der Waals surface area (Å²) in [5.41, 5.74) is -0.161. The second-order valence-corrected chi connectivity index (χ2v) is 3.74. The number of rotatable bonds is 3. The summed E-state index contributed by atoms with van der Waals surface area (Å²) in [7, 11) is 0. The van der Waals surface area contributed by atoms with E-state index < -0.39 is 22.3 Å². The van der Waals surface area contributed by atoms with Crippen molar-refractivity contribution in [3.63, 3.8) is 0 Å². The van der Waals surface area contributed by atoms with Crippen molar-refractivity contribution in [1.29, 1.82) is 0 Å². The summed E-state index contributed by atoms with van der Waals surface area (Å²) < 4.78 is 13.0. The first-order chi connectivity index (χ1) is 9.08. The van der Waals surface area contributed by atoms with Crippen LogP contribution in [-0.4, -0.2) is 10.8 Å². The van der Waals surface area contributed by atoms with Crippen LogP contribution in [0.5, 0.6) is 0 Å². The average molecular weight is 260 g/mol. The van der Waals surface area contributed by atoms with Gasteiger partial charge in [-0.3, -0.25) is 14.9 Å². The maximum absolute atomic E-state index is 13.0. The Kier molecular flexibility index (Phi) is 3.51. The Bertz CT molecular complexity index is 629. The lowest BCUT2D eigenvalue weighted by atomic mass is 10.2. The smallest absolute Gasteiger partial charge is 0.295 e. The third-order valence-electron chi connectivity index (χ3n) is 2.44. The van der Waals surface area contributed by atoms with Crippen LogP contribution in [0.3, 0.4) is 0 Å². The molecule has 5 nitrogen and oxygen atoms in total. The van der Waals surface area contributed by atoms with Crippen molar-refractivity contribution in [2.75, 3.05) is 5.32 Å². The van der Waals surface area contributed by atoms with Gasteiger partial charge < -0.3 is 5.32 Å². The van der Waals surface area contributed by atoms with E-state index in [-0.39, 0.29) is 5.69 Å². The first kappa shape index (κ1) is 12.7. The number of carbonyl (C=O) groups is 1. The van der Waals surface area contributed by atoms with Crippen LogP contribution in [0.4, 0.5) is 15.8 Å². The van der Waals surface area contributed by atoms with Crippen LogP contribution in [0.15, 0.2) is 48.5 Å². The van der Waals surface area contributed by atoms with Crippen molar-refractivity contribution < 1.29 is 14.1 Å². The van der Waals surface area contributed by atoms with Crippen molar-refractivity contribution in [3.05, 3.63) is 70.0 Å². The second-order valence-electron chi connectivity index (χ2n) is 3.74. The van der Waals surface area contributed by atoms with Crippen LogP contribution in [0.25, 0.3) is 0 Å². The number of halogens is 1. The van der Waals surface area contributed by atoms with Crippen molar-refractivity contribution in [3.8, 4) is 0 Å². The minimum Gasteiger partial charge on any atom is -0.316 e. The SMILES string of the molecule is O=C(Nc1ccc(F)cc1[N+](=O)[O-])c1ccccc1. The van der Waals surface area contributed by atoms with Gasteiger partial charge in [0, 0.05) is 5.56 Å². The number of nitro groups is 1. The van der Waals surface area contributed by atoms with Gasteiger partial charge in [-0.25, -0.2) is 4.39 Å². The highest BCUT2D eigenvalue weighted by Gasteiger charge is 2.17. The summed E-state index contributed by atoms with van der Waals surface area (Å²) >= 11 is 0. The molecule has 0 fully saturated rings. The number of anilines is 1. The Labute approximate surface area is 107 Å². The van der Waals surface area contributed by atoms with E-state index in [1.54, 1.807) is 30.3 Å². The summed E-state index contributed by atoms with van der Waals surface area (Å²) in [5.74, 6) is -1.22. The number of hydrogen-bond donors (Lipinski definition) is 1. The van der Waals surface area contributed by atoms with Crippen LogP contribution < -0.4 is 5.32 Å². The molecule has 0 aromatic heterocycles. The fraction of sp³-hybridized carbons (Fsp3) is 0. The van der Waals surface area contributed by atoms with E-state index in [0.717, 1.165) is 18.2 Å². The first-order valence-electron chi connectivity index (χ1n) is 5.38. The molecule has 0 radical (unpaired) electrons. The molecule has 0 bridgehead atoms. The third-order valence-corrected chi connectivity index (χ3v) is 2.44. The van der Waals surface area contributed by atoms with Gasteiger partial charge in [0.2, 0.25) is 0 Å². The third kappa shape index (κ3) is 2.92. The largest absolute Gasteiger partial charge is 0.316 e. The van der Waals surface area contributed by atoms with E-state index in [0.29, 0.717) is 5.56 Å². The van der Waals surface area contributed by atoms with Gasteiger partial charge in [-0.2, -0.15) is 0 Å². The Morgan fingerprint density at radius 1 is 1.16 bits per heavy atom. The van der Waals surface area contributed by atoms with Gasteiger partial charge in [0.1, 0.15) is 11.5 Å². The molecule has 0 aliphatic carbocycles. The molecule has 2 rings (SSSR count). The normalized spacial score (nSPS) is 9.95. The van der Waals surface area contributed by atoms with Gasteiger partial charge in [0.05, 0.1) is 11.0 Å². The van der Waals surface area contributed by atoms with Crippen LogP contribution >= 0.6 is 0 Å². The van der Waals surface area contributed by atoms with E-state index in [1.165, 1.54) is 0 Å².